The standard InChI is InChI=1S/C16H20N2O2.ClH/c1-10-12-6-3-4-8-14(12)20-15(10)11(2)18-16(19)13-7-5-9-17-13;/h3-4,6,8,11,13,17H,5,7,9H2,1-2H3,(H,18,19);1H. The maximum absolute atomic E-state index is 12.1. The number of fused-ring (bicyclic) bond motifs is 1. The van der Waals surface area contributed by atoms with Crippen LogP contribution in [-0.4, -0.2) is 18.5 Å². The van der Waals surface area contributed by atoms with Gasteiger partial charge in [0.1, 0.15) is 11.3 Å². The van der Waals surface area contributed by atoms with Gasteiger partial charge in [-0.25, -0.2) is 0 Å². The van der Waals surface area contributed by atoms with Crippen molar-refractivity contribution in [2.45, 2.75) is 38.8 Å². The van der Waals surface area contributed by atoms with Crippen LogP contribution in [0.25, 0.3) is 11.0 Å². The smallest absolute Gasteiger partial charge is 0.237 e. The lowest BCUT2D eigenvalue weighted by atomic mass is 10.1. The number of para-hydroxylation sites is 1. The fourth-order valence-electron chi connectivity index (χ4n) is 2.89. The third kappa shape index (κ3) is 3.06. The first kappa shape index (κ1) is 15.9. The molecule has 1 aromatic heterocycles. The maximum atomic E-state index is 12.1. The van der Waals surface area contributed by atoms with E-state index in [-0.39, 0.29) is 30.4 Å². The number of nitrogens with one attached hydrogen (secondary N) is 2. The second kappa shape index (κ2) is 6.50. The van der Waals surface area contributed by atoms with Crippen LogP contribution in [0.15, 0.2) is 28.7 Å². The summed E-state index contributed by atoms with van der Waals surface area (Å²) in [4.78, 5) is 12.1. The molecule has 1 amide bonds. The first-order chi connectivity index (χ1) is 9.66. The van der Waals surface area contributed by atoms with E-state index in [0.717, 1.165) is 41.7 Å². The number of carbonyl (C=O) groups excluding carboxylic acids is 1. The third-order valence-corrected chi connectivity index (χ3v) is 4.01. The summed E-state index contributed by atoms with van der Waals surface area (Å²) in [5.74, 6) is 0.910. The summed E-state index contributed by atoms with van der Waals surface area (Å²) in [5.41, 5.74) is 1.98. The number of halogens is 1. The van der Waals surface area contributed by atoms with Crippen molar-refractivity contribution in [3.63, 3.8) is 0 Å². The molecular weight excluding hydrogens is 288 g/mol. The monoisotopic (exact) mass is 308 g/mol. The van der Waals surface area contributed by atoms with Crippen LogP contribution >= 0.6 is 12.4 Å². The van der Waals surface area contributed by atoms with Crippen LogP contribution in [0.5, 0.6) is 0 Å². The van der Waals surface area contributed by atoms with Gasteiger partial charge < -0.3 is 15.1 Å². The average molecular weight is 309 g/mol. The van der Waals surface area contributed by atoms with E-state index < -0.39 is 0 Å². The molecule has 2 N–H and O–H groups in total. The second-order valence-corrected chi connectivity index (χ2v) is 5.47. The van der Waals surface area contributed by atoms with Gasteiger partial charge in [0.2, 0.25) is 5.91 Å². The van der Waals surface area contributed by atoms with Gasteiger partial charge in [-0.15, -0.1) is 12.4 Å². The van der Waals surface area contributed by atoms with Gasteiger partial charge in [-0.3, -0.25) is 4.79 Å². The fourth-order valence-corrected chi connectivity index (χ4v) is 2.89. The SMILES string of the molecule is Cc1c(C(C)NC(=O)C2CCCN2)oc2ccccc12.Cl. The van der Waals surface area contributed by atoms with Gasteiger partial charge >= 0.3 is 0 Å². The molecule has 0 bridgehead atoms. The summed E-state index contributed by atoms with van der Waals surface area (Å²) in [6, 6.07) is 7.80. The first-order valence-corrected chi connectivity index (χ1v) is 7.18. The summed E-state index contributed by atoms with van der Waals surface area (Å²) in [7, 11) is 0. The molecule has 0 saturated carbocycles. The summed E-state index contributed by atoms with van der Waals surface area (Å²) in [6.45, 7) is 4.94. The molecule has 1 aromatic carbocycles. The molecule has 2 unspecified atom stereocenters. The Bertz CT molecular complexity index is 632. The summed E-state index contributed by atoms with van der Waals surface area (Å²) in [5, 5.41) is 7.37. The van der Waals surface area contributed by atoms with E-state index in [1.165, 1.54) is 0 Å². The molecular formula is C16H21ClN2O2. The van der Waals surface area contributed by atoms with Crippen molar-refractivity contribution in [1.29, 1.82) is 0 Å². The van der Waals surface area contributed by atoms with E-state index in [4.69, 9.17) is 4.42 Å². The highest BCUT2D eigenvalue weighted by Gasteiger charge is 2.25. The summed E-state index contributed by atoms with van der Waals surface area (Å²) >= 11 is 0. The van der Waals surface area contributed by atoms with Crippen LogP contribution in [0, 0.1) is 6.92 Å². The highest BCUT2D eigenvalue weighted by atomic mass is 35.5. The molecule has 2 heterocycles. The molecule has 1 saturated heterocycles. The minimum absolute atomic E-state index is 0. The van der Waals surface area contributed by atoms with Crippen LogP contribution < -0.4 is 10.6 Å². The lowest BCUT2D eigenvalue weighted by molar-refractivity contribution is -0.123. The number of aryl methyl sites for hydroxylation is 1. The van der Waals surface area contributed by atoms with Crippen LogP contribution in [0.2, 0.25) is 0 Å². The van der Waals surface area contributed by atoms with E-state index in [0.29, 0.717) is 0 Å². The number of rotatable bonds is 3. The fraction of sp³-hybridized carbons (Fsp3) is 0.438. The number of amides is 1. The predicted octanol–water partition coefficient (Wildman–Crippen LogP) is 3.09. The van der Waals surface area contributed by atoms with Crippen molar-refractivity contribution in [3.05, 3.63) is 35.6 Å². The molecule has 21 heavy (non-hydrogen) atoms. The molecule has 1 aliphatic rings. The zero-order valence-corrected chi connectivity index (χ0v) is 13.1. The summed E-state index contributed by atoms with van der Waals surface area (Å²) in [6.07, 6.45) is 1.98. The molecule has 1 fully saturated rings. The largest absolute Gasteiger partial charge is 0.459 e. The van der Waals surface area contributed by atoms with Gasteiger partial charge in [0.25, 0.3) is 0 Å². The Balaban J connectivity index is 0.00000161. The van der Waals surface area contributed by atoms with Gasteiger partial charge in [0.05, 0.1) is 12.1 Å². The Labute approximate surface area is 130 Å². The molecule has 1 aliphatic heterocycles. The Morgan fingerprint density at radius 3 is 2.86 bits per heavy atom. The lowest BCUT2D eigenvalue weighted by Gasteiger charge is -2.16. The van der Waals surface area contributed by atoms with E-state index in [2.05, 4.69) is 10.6 Å². The highest BCUT2D eigenvalue weighted by Crippen LogP contribution is 2.29. The first-order valence-electron chi connectivity index (χ1n) is 7.18. The predicted molar refractivity (Wildman–Crippen MR) is 85.8 cm³/mol. The van der Waals surface area contributed by atoms with E-state index >= 15 is 0 Å². The van der Waals surface area contributed by atoms with Crippen molar-refractivity contribution in [1.82, 2.24) is 10.6 Å². The number of hydrogen-bond acceptors (Lipinski definition) is 3. The van der Waals surface area contributed by atoms with Crippen LogP contribution in [0.3, 0.4) is 0 Å². The zero-order valence-electron chi connectivity index (χ0n) is 12.3. The van der Waals surface area contributed by atoms with Gasteiger partial charge in [-0.05, 0) is 39.3 Å². The minimum Gasteiger partial charge on any atom is -0.459 e. The van der Waals surface area contributed by atoms with Gasteiger partial charge in [-0.2, -0.15) is 0 Å². The Kier molecular flexibility index (Phi) is 4.91. The number of hydrogen-bond donors (Lipinski definition) is 2. The Morgan fingerprint density at radius 1 is 1.43 bits per heavy atom. The normalized spacial score (nSPS) is 19.2. The van der Waals surface area contributed by atoms with Crippen LogP contribution in [-0.2, 0) is 4.79 Å². The van der Waals surface area contributed by atoms with Crippen LogP contribution in [0.4, 0.5) is 0 Å². The van der Waals surface area contributed by atoms with Gasteiger partial charge in [0.15, 0.2) is 0 Å². The molecule has 2 aromatic rings. The van der Waals surface area contributed by atoms with Gasteiger partial charge in [0, 0.05) is 10.9 Å². The molecule has 4 nitrogen and oxygen atoms in total. The Hall–Kier alpha value is -1.52. The molecule has 3 rings (SSSR count). The van der Waals surface area contributed by atoms with Crippen molar-refractivity contribution in [2.24, 2.45) is 0 Å². The quantitative estimate of drug-likeness (QED) is 0.916. The molecule has 114 valence electrons. The second-order valence-electron chi connectivity index (χ2n) is 5.47. The molecule has 0 aliphatic carbocycles. The Morgan fingerprint density at radius 2 is 2.19 bits per heavy atom. The van der Waals surface area contributed by atoms with Crippen LogP contribution in [0.1, 0.15) is 37.1 Å². The van der Waals surface area contributed by atoms with E-state index in [1.54, 1.807) is 0 Å². The van der Waals surface area contributed by atoms with E-state index in [9.17, 15) is 4.79 Å². The average Bonchev–Trinajstić information content (AvgIpc) is 3.07. The lowest BCUT2D eigenvalue weighted by Crippen LogP contribution is -2.41. The molecule has 5 heteroatoms. The molecule has 0 radical (unpaired) electrons. The number of furan rings is 1. The van der Waals surface area contributed by atoms with Crippen molar-refractivity contribution >= 4 is 29.3 Å². The molecule has 0 spiro atoms. The summed E-state index contributed by atoms with van der Waals surface area (Å²) < 4.78 is 5.89. The minimum atomic E-state index is -0.114. The highest BCUT2D eigenvalue weighted by molar-refractivity contribution is 5.85. The zero-order chi connectivity index (χ0) is 14.1. The molecule has 2 atom stereocenters. The number of carbonyl (C=O) groups is 1. The van der Waals surface area contributed by atoms with Crippen molar-refractivity contribution < 1.29 is 9.21 Å². The van der Waals surface area contributed by atoms with E-state index in [1.807, 2.05) is 38.1 Å². The topological polar surface area (TPSA) is 54.3 Å². The third-order valence-electron chi connectivity index (χ3n) is 4.01. The van der Waals surface area contributed by atoms with Gasteiger partial charge in [-0.1, -0.05) is 18.2 Å². The van der Waals surface area contributed by atoms with Crippen molar-refractivity contribution in [3.8, 4) is 0 Å². The maximum Gasteiger partial charge on any atom is 0.237 e. The number of benzene rings is 1. The van der Waals surface area contributed by atoms with Crippen molar-refractivity contribution in [2.75, 3.05) is 6.54 Å².